The number of carbonyl (C=O) groups is 1. The van der Waals surface area contributed by atoms with Crippen molar-refractivity contribution >= 4 is 5.97 Å². The molecule has 0 saturated heterocycles. The van der Waals surface area contributed by atoms with Gasteiger partial charge < -0.3 is 10.2 Å². The number of hydrogen-bond acceptors (Lipinski definition) is 3. The van der Waals surface area contributed by atoms with Gasteiger partial charge in [0.05, 0.1) is 6.10 Å². The first-order valence-corrected chi connectivity index (χ1v) is 5.70. The molecule has 0 fully saturated rings. The van der Waals surface area contributed by atoms with Gasteiger partial charge in [0.25, 0.3) is 0 Å². The summed E-state index contributed by atoms with van der Waals surface area (Å²) in [4.78, 5) is 11.0. The largest absolute Gasteiger partial charge is 0.480 e. The highest BCUT2D eigenvalue weighted by Crippen LogP contribution is 2.08. The summed E-state index contributed by atoms with van der Waals surface area (Å²) in [5.74, 6) is -1.12. The third-order valence-corrected chi connectivity index (χ3v) is 2.66. The highest BCUT2D eigenvalue weighted by molar-refractivity contribution is 5.74. The highest BCUT2D eigenvalue weighted by atomic mass is 16.4. The van der Waals surface area contributed by atoms with Crippen molar-refractivity contribution in [3.63, 3.8) is 0 Å². The van der Waals surface area contributed by atoms with E-state index in [0.717, 1.165) is 5.56 Å². The Morgan fingerprint density at radius 2 is 1.88 bits per heavy atom. The fraction of sp³-hybridized carbons (Fsp3) is 0.462. The van der Waals surface area contributed by atoms with Crippen LogP contribution >= 0.6 is 0 Å². The molecule has 4 nitrogen and oxygen atoms in total. The van der Waals surface area contributed by atoms with Crippen LogP contribution < -0.4 is 5.32 Å². The highest BCUT2D eigenvalue weighted by Gasteiger charge is 2.28. The Bertz CT molecular complexity index is 351. The zero-order chi connectivity index (χ0) is 12.8. The average Bonchev–Trinajstić information content (AvgIpc) is 2.29. The smallest absolute Gasteiger partial charge is 0.323 e. The molecule has 4 heteroatoms. The number of benzene rings is 1. The molecule has 1 aromatic rings. The summed E-state index contributed by atoms with van der Waals surface area (Å²) in [7, 11) is 0. The van der Waals surface area contributed by atoms with Crippen LogP contribution in [-0.4, -0.2) is 28.3 Å². The zero-order valence-electron chi connectivity index (χ0n) is 10.1. The summed E-state index contributed by atoms with van der Waals surface area (Å²) in [6, 6.07) is 8.58. The summed E-state index contributed by atoms with van der Waals surface area (Å²) in [5.41, 5.74) is 0.995. The fourth-order valence-electron chi connectivity index (χ4n) is 1.56. The summed E-state index contributed by atoms with van der Waals surface area (Å²) in [6.07, 6.45) is -0.892. The van der Waals surface area contributed by atoms with Crippen molar-refractivity contribution in [3.8, 4) is 0 Å². The van der Waals surface area contributed by atoms with E-state index in [1.54, 1.807) is 13.8 Å². The van der Waals surface area contributed by atoms with E-state index < -0.39 is 18.1 Å². The molecule has 0 unspecified atom stereocenters. The first-order valence-electron chi connectivity index (χ1n) is 5.70. The molecular weight excluding hydrogens is 218 g/mol. The van der Waals surface area contributed by atoms with Gasteiger partial charge in [0.2, 0.25) is 0 Å². The third kappa shape index (κ3) is 4.17. The molecule has 17 heavy (non-hydrogen) atoms. The maximum Gasteiger partial charge on any atom is 0.323 e. The van der Waals surface area contributed by atoms with Crippen LogP contribution in [0.4, 0.5) is 0 Å². The van der Waals surface area contributed by atoms with Gasteiger partial charge in [0.1, 0.15) is 6.04 Å². The van der Waals surface area contributed by atoms with Gasteiger partial charge in [-0.05, 0) is 11.5 Å². The molecule has 3 N–H and O–H groups in total. The average molecular weight is 237 g/mol. The van der Waals surface area contributed by atoms with Crippen molar-refractivity contribution < 1.29 is 15.0 Å². The molecule has 2 atom stereocenters. The normalized spacial score (nSPS) is 14.6. The maximum absolute atomic E-state index is 11.0. The topological polar surface area (TPSA) is 69.6 Å². The SMILES string of the molecule is CC(C)[C@H](O)[C@H](NCc1ccccc1)C(=O)O. The summed E-state index contributed by atoms with van der Waals surface area (Å²) >= 11 is 0. The number of carboxylic acids is 1. The molecule has 0 bridgehead atoms. The molecule has 0 aliphatic carbocycles. The van der Waals surface area contributed by atoms with Crippen LogP contribution in [0, 0.1) is 5.92 Å². The lowest BCUT2D eigenvalue weighted by atomic mass is 9.99. The van der Waals surface area contributed by atoms with E-state index in [9.17, 15) is 9.90 Å². The van der Waals surface area contributed by atoms with Gasteiger partial charge >= 0.3 is 5.97 Å². The molecule has 0 aliphatic heterocycles. The van der Waals surface area contributed by atoms with E-state index in [4.69, 9.17) is 5.11 Å². The van der Waals surface area contributed by atoms with Gasteiger partial charge in [-0.3, -0.25) is 10.1 Å². The molecule has 0 heterocycles. The molecule has 1 aromatic carbocycles. The van der Waals surface area contributed by atoms with Gasteiger partial charge in [0, 0.05) is 6.54 Å². The first kappa shape index (κ1) is 13.7. The van der Waals surface area contributed by atoms with Crippen molar-refractivity contribution in [2.45, 2.75) is 32.5 Å². The second-order valence-electron chi connectivity index (χ2n) is 4.42. The number of aliphatic hydroxyl groups is 1. The fourth-order valence-corrected chi connectivity index (χ4v) is 1.56. The van der Waals surface area contributed by atoms with E-state index in [1.165, 1.54) is 0 Å². The van der Waals surface area contributed by atoms with E-state index in [1.807, 2.05) is 30.3 Å². The summed E-state index contributed by atoms with van der Waals surface area (Å²) in [6.45, 7) is 4.02. The van der Waals surface area contributed by atoms with Crippen molar-refractivity contribution in [1.29, 1.82) is 0 Å². The number of hydrogen-bond donors (Lipinski definition) is 3. The molecule has 0 radical (unpaired) electrons. The predicted octanol–water partition coefficient (Wildman–Crippen LogP) is 1.25. The lowest BCUT2D eigenvalue weighted by Gasteiger charge is -2.23. The van der Waals surface area contributed by atoms with Crippen LogP contribution in [0.25, 0.3) is 0 Å². The molecule has 0 aromatic heterocycles. The minimum absolute atomic E-state index is 0.0978. The monoisotopic (exact) mass is 237 g/mol. The third-order valence-electron chi connectivity index (χ3n) is 2.66. The van der Waals surface area contributed by atoms with Gasteiger partial charge in [-0.1, -0.05) is 44.2 Å². The van der Waals surface area contributed by atoms with Crippen LogP contribution in [0.2, 0.25) is 0 Å². The van der Waals surface area contributed by atoms with Crippen molar-refractivity contribution in [2.24, 2.45) is 5.92 Å². The number of aliphatic carboxylic acids is 1. The van der Waals surface area contributed by atoms with E-state index in [-0.39, 0.29) is 5.92 Å². The standard InChI is InChI=1S/C13H19NO3/c1-9(2)12(15)11(13(16)17)14-8-10-6-4-3-5-7-10/h3-7,9,11-12,14-15H,8H2,1-2H3,(H,16,17)/t11-,12-/m0/s1. The number of carboxylic acid groups (broad SMARTS) is 1. The number of rotatable bonds is 6. The Morgan fingerprint density at radius 3 is 2.35 bits per heavy atom. The molecule has 0 amide bonds. The van der Waals surface area contributed by atoms with Gasteiger partial charge in [0.15, 0.2) is 0 Å². The Kier molecular flexibility index (Phi) is 5.12. The minimum atomic E-state index is -1.03. The van der Waals surface area contributed by atoms with Crippen LogP contribution in [0.1, 0.15) is 19.4 Å². The molecule has 0 saturated carbocycles. The zero-order valence-corrected chi connectivity index (χ0v) is 10.1. The molecule has 0 spiro atoms. The van der Waals surface area contributed by atoms with Crippen molar-refractivity contribution in [1.82, 2.24) is 5.32 Å². The molecule has 0 aliphatic rings. The van der Waals surface area contributed by atoms with Crippen molar-refractivity contribution in [2.75, 3.05) is 0 Å². The summed E-state index contributed by atoms with van der Waals surface area (Å²) in [5, 5.41) is 21.7. The Morgan fingerprint density at radius 1 is 1.29 bits per heavy atom. The summed E-state index contributed by atoms with van der Waals surface area (Å²) < 4.78 is 0. The van der Waals surface area contributed by atoms with E-state index >= 15 is 0 Å². The molecular formula is C13H19NO3. The molecule has 1 rings (SSSR count). The lowest BCUT2D eigenvalue weighted by molar-refractivity contribution is -0.143. The lowest BCUT2D eigenvalue weighted by Crippen LogP contribution is -2.47. The van der Waals surface area contributed by atoms with E-state index in [2.05, 4.69) is 5.32 Å². The Balaban J connectivity index is 2.60. The second-order valence-corrected chi connectivity index (χ2v) is 4.42. The Labute approximate surface area is 101 Å². The van der Waals surface area contributed by atoms with Crippen LogP contribution in [-0.2, 0) is 11.3 Å². The van der Waals surface area contributed by atoms with Gasteiger partial charge in [-0.2, -0.15) is 0 Å². The quantitative estimate of drug-likeness (QED) is 0.696. The van der Waals surface area contributed by atoms with Crippen molar-refractivity contribution in [3.05, 3.63) is 35.9 Å². The van der Waals surface area contributed by atoms with Crippen LogP contribution in [0.3, 0.4) is 0 Å². The maximum atomic E-state index is 11.0. The van der Waals surface area contributed by atoms with Crippen LogP contribution in [0.5, 0.6) is 0 Å². The second kappa shape index (κ2) is 6.37. The molecule has 94 valence electrons. The van der Waals surface area contributed by atoms with E-state index in [0.29, 0.717) is 6.54 Å². The first-order chi connectivity index (χ1) is 8.02. The predicted molar refractivity (Wildman–Crippen MR) is 65.6 cm³/mol. The van der Waals surface area contributed by atoms with Gasteiger partial charge in [-0.15, -0.1) is 0 Å². The Hall–Kier alpha value is -1.39. The minimum Gasteiger partial charge on any atom is -0.480 e. The van der Waals surface area contributed by atoms with Crippen LogP contribution in [0.15, 0.2) is 30.3 Å². The number of aliphatic hydroxyl groups excluding tert-OH is 1. The van der Waals surface area contributed by atoms with Gasteiger partial charge in [-0.25, -0.2) is 0 Å². The number of nitrogens with one attached hydrogen (secondary N) is 1.